The average Bonchev–Trinajstić information content (AvgIpc) is 3.07. The molecule has 2 N–H and O–H groups in total. The van der Waals surface area contributed by atoms with Crippen molar-refractivity contribution in [1.82, 2.24) is 14.9 Å². The number of fused-ring (bicyclic) bond motifs is 1. The Labute approximate surface area is 142 Å². The molecule has 0 bridgehead atoms. The molecule has 24 heavy (non-hydrogen) atoms. The largest absolute Gasteiger partial charge is 0.372 e. The van der Waals surface area contributed by atoms with Crippen molar-refractivity contribution in [2.75, 3.05) is 26.7 Å². The molecule has 0 spiro atoms. The minimum Gasteiger partial charge on any atom is -0.372 e. The molecule has 0 saturated carbocycles. The molecule has 0 aliphatic carbocycles. The van der Waals surface area contributed by atoms with Crippen molar-refractivity contribution in [1.29, 1.82) is 0 Å². The van der Waals surface area contributed by atoms with E-state index in [1.165, 1.54) is 0 Å². The Morgan fingerprint density at radius 2 is 2.00 bits per heavy atom. The molecule has 132 valence electrons. The number of carbonyl (C=O) groups is 1. The first-order chi connectivity index (χ1) is 11.5. The van der Waals surface area contributed by atoms with Crippen LogP contribution >= 0.6 is 0 Å². The highest BCUT2D eigenvalue weighted by molar-refractivity contribution is 7.89. The summed E-state index contributed by atoms with van der Waals surface area (Å²) in [4.78, 5) is 14.1. The molecule has 1 aromatic rings. The van der Waals surface area contributed by atoms with Crippen molar-refractivity contribution < 1.29 is 17.9 Å². The summed E-state index contributed by atoms with van der Waals surface area (Å²) in [7, 11) is -1.97. The number of amides is 1. The summed E-state index contributed by atoms with van der Waals surface area (Å²) in [5.41, 5.74) is 1.90. The molecule has 1 aromatic carbocycles. The van der Waals surface area contributed by atoms with Gasteiger partial charge in [-0.1, -0.05) is 6.07 Å². The van der Waals surface area contributed by atoms with Gasteiger partial charge in [0.25, 0.3) is 0 Å². The number of ether oxygens (including phenoxy) is 1. The van der Waals surface area contributed by atoms with Crippen LogP contribution in [0.4, 0.5) is 0 Å². The summed E-state index contributed by atoms with van der Waals surface area (Å²) in [6.07, 6.45) is 1.78. The molecule has 2 heterocycles. The second-order valence-corrected chi connectivity index (χ2v) is 8.00. The smallest absolute Gasteiger partial charge is 0.241 e. The number of sulfonamides is 1. The van der Waals surface area contributed by atoms with E-state index in [-0.39, 0.29) is 23.4 Å². The third-order valence-electron chi connectivity index (χ3n) is 4.67. The second-order valence-electron chi connectivity index (χ2n) is 6.23. The Kier molecular flexibility index (Phi) is 5.19. The normalized spacial score (nSPS) is 18.4. The van der Waals surface area contributed by atoms with Crippen LogP contribution in [0.5, 0.6) is 0 Å². The van der Waals surface area contributed by atoms with Gasteiger partial charge >= 0.3 is 0 Å². The van der Waals surface area contributed by atoms with Crippen molar-refractivity contribution >= 4 is 15.9 Å². The molecule has 0 aromatic heterocycles. The van der Waals surface area contributed by atoms with E-state index >= 15 is 0 Å². The fourth-order valence-electron chi connectivity index (χ4n) is 3.08. The molecule has 2 aliphatic heterocycles. The average molecular weight is 353 g/mol. The number of hydrogen-bond donors (Lipinski definition) is 2. The van der Waals surface area contributed by atoms with Gasteiger partial charge in [0, 0.05) is 13.1 Å². The molecular weight excluding hydrogens is 330 g/mol. The quantitative estimate of drug-likeness (QED) is 0.790. The summed E-state index contributed by atoms with van der Waals surface area (Å²) >= 11 is 0. The van der Waals surface area contributed by atoms with Crippen LogP contribution in [0.15, 0.2) is 23.1 Å². The van der Waals surface area contributed by atoms with Crippen LogP contribution in [-0.4, -0.2) is 51.9 Å². The molecule has 3 rings (SSSR count). The van der Waals surface area contributed by atoms with Gasteiger partial charge in [-0.2, -0.15) is 0 Å². The monoisotopic (exact) mass is 353 g/mol. The van der Waals surface area contributed by atoms with Crippen molar-refractivity contribution in [2.24, 2.45) is 0 Å². The van der Waals surface area contributed by atoms with Gasteiger partial charge in [-0.3, -0.25) is 4.79 Å². The number of rotatable bonds is 5. The molecule has 1 saturated heterocycles. The summed E-state index contributed by atoms with van der Waals surface area (Å²) in [6.45, 7) is 2.48. The number of likely N-dealkylation sites (N-methyl/N-ethyl adjacent to an activating group) is 1. The van der Waals surface area contributed by atoms with E-state index in [0.29, 0.717) is 13.2 Å². The van der Waals surface area contributed by atoms with Gasteiger partial charge in [0.15, 0.2) is 0 Å². The van der Waals surface area contributed by atoms with Crippen LogP contribution in [0.1, 0.15) is 24.0 Å². The first kappa shape index (κ1) is 17.3. The lowest BCUT2D eigenvalue weighted by molar-refractivity contribution is -0.131. The highest BCUT2D eigenvalue weighted by atomic mass is 32.2. The van der Waals surface area contributed by atoms with Gasteiger partial charge in [-0.25, -0.2) is 13.1 Å². The highest BCUT2D eigenvalue weighted by Gasteiger charge is 2.24. The molecule has 2 aliphatic rings. The zero-order chi connectivity index (χ0) is 17.2. The molecule has 0 unspecified atom stereocenters. The number of carbonyl (C=O) groups excluding carboxylic acids is 1. The minimum absolute atomic E-state index is 0.167. The van der Waals surface area contributed by atoms with Gasteiger partial charge in [0.1, 0.15) is 0 Å². The van der Waals surface area contributed by atoms with Gasteiger partial charge in [0.05, 0.1) is 24.7 Å². The Balaban J connectivity index is 1.61. The Morgan fingerprint density at radius 3 is 2.75 bits per heavy atom. The molecule has 1 fully saturated rings. The summed E-state index contributed by atoms with van der Waals surface area (Å²) < 4.78 is 32.5. The van der Waals surface area contributed by atoms with Crippen LogP contribution < -0.4 is 10.0 Å². The summed E-state index contributed by atoms with van der Waals surface area (Å²) in [6, 6.07) is 5.10. The number of piperidine rings is 1. The summed E-state index contributed by atoms with van der Waals surface area (Å²) in [5.74, 6) is -0.213. The van der Waals surface area contributed by atoms with Crippen LogP contribution in [0.2, 0.25) is 0 Å². The fraction of sp³-hybridized carbons (Fsp3) is 0.562. The third kappa shape index (κ3) is 3.77. The molecule has 0 radical (unpaired) electrons. The van der Waals surface area contributed by atoms with Crippen LogP contribution in [0, 0.1) is 0 Å². The van der Waals surface area contributed by atoms with E-state index in [1.807, 2.05) is 0 Å². The number of hydrogen-bond acceptors (Lipinski definition) is 5. The lowest BCUT2D eigenvalue weighted by Gasteiger charge is -2.31. The van der Waals surface area contributed by atoms with E-state index in [9.17, 15) is 13.2 Å². The molecule has 8 heteroatoms. The first-order valence-corrected chi connectivity index (χ1v) is 9.61. The number of nitrogens with zero attached hydrogens (tertiary/aromatic N) is 1. The van der Waals surface area contributed by atoms with Crippen molar-refractivity contribution in [3.05, 3.63) is 29.3 Å². The van der Waals surface area contributed by atoms with Crippen molar-refractivity contribution in [2.45, 2.75) is 37.0 Å². The van der Waals surface area contributed by atoms with E-state index in [4.69, 9.17) is 4.74 Å². The van der Waals surface area contributed by atoms with Gasteiger partial charge in [-0.05, 0) is 49.2 Å². The first-order valence-electron chi connectivity index (χ1n) is 8.13. The highest BCUT2D eigenvalue weighted by Crippen LogP contribution is 2.23. The maximum absolute atomic E-state index is 12.4. The van der Waals surface area contributed by atoms with Gasteiger partial charge in [-0.15, -0.1) is 0 Å². The lowest BCUT2D eigenvalue weighted by atomic mass is 10.1. The zero-order valence-electron chi connectivity index (χ0n) is 13.7. The Hall–Kier alpha value is -1.48. The van der Waals surface area contributed by atoms with Crippen molar-refractivity contribution in [3.63, 3.8) is 0 Å². The Bertz CT molecular complexity index is 714. The standard InChI is InChI=1S/C16H23N3O4S/c1-19(14-4-6-17-7-5-14)16(20)9-18-24(21,22)15-3-2-12-10-23-11-13(12)8-15/h2-3,8,14,17-18H,4-7,9-11H2,1H3. The van der Waals surface area contributed by atoms with E-state index < -0.39 is 10.0 Å². The Morgan fingerprint density at radius 1 is 1.29 bits per heavy atom. The molecular formula is C16H23N3O4S. The third-order valence-corrected chi connectivity index (χ3v) is 6.07. The SMILES string of the molecule is CN(C(=O)CNS(=O)(=O)c1ccc2c(c1)COC2)C1CCNCC1. The maximum Gasteiger partial charge on any atom is 0.241 e. The van der Waals surface area contributed by atoms with E-state index in [0.717, 1.165) is 37.1 Å². The minimum atomic E-state index is -3.71. The zero-order valence-corrected chi connectivity index (χ0v) is 14.6. The van der Waals surface area contributed by atoms with Crippen LogP contribution in [0.25, 0.3) is 0 Å². The molecule has 1 amide bonds. The van der Waals surface area contributed by atoms with Gasteiger partial charge < -0.3 is 15.0 Å². The number of benzene rings is 1. The molecule has 7 nitrogen and oxygen atoms in total. The van der Waals surface area contributed by atoms with Crippen LogP contribution in [0.3, 0.4) is 0 Å². The molecule has 0 atom stereocenters. The predicted octanol–water partition coefficient (Wildman–Crippen LogP) is 0.206. The second kappa shape index (κ2) is 7.18. The van der Waals surface area contributed by atoms with Gasteiger partial charge in [0.2, 0.25) is 15.9 Å². The maximum atomic E-state index is 12.4. The number of nitrogens with one attached hydrogen (secondary N) is 2. The lowest BCUT2D eigenvalue weighted by Crippen LogP contribution is -2.47. The fourth-order valence-corrected chi connectivity index (χ4v) is 4.10. The van der Waals surface area contributed by atoms with E-state index in [2.05, 4.69) is 10.0 Å². The predicted molar refractivity (Wildman–Crippen MR) is 88.8 cm³/mol. The van der Waals surface area contributed by atoms with Crippen molar-refractivity contribution in [3.8, 4) is 0 Å². The summed E-state index contributed by atoms with van der Waals surface area (Å²) in [5, 5.41) is 3.25. The van der Waals surface area contributed by atoms with Crippen LogP contribution in [-0.2, 0) is 32.8 Å². The topological polar surface area (TPSA) is 87.7 Å². The van der Waals surface area contributed by atoms with E-state index in [1.54, 1.807) is 30.1 Å².